The summed E-state index contributed by atoms with van der Waals surface area (Å²) in [6.07, 6.45) is 3.33. The molecule has 0 spiro atoms. The lowest BCUT2D eigenvalue weighted by Crippen LogP contribution is -2.58. The number of rotatable bonds is 8. The van der Waals surface area contributed by atoms with E-state index in [1.807, 2.05) is 12.1 Å². The van der Waals surface area contributed by atoms with Crippen molar-refractivity contribution in [1.29, 1.82) is 0 Å². The van der Waals surface area contributed by atoms with Gasteiger partial charge in [0.25, 0.3) is 0 Å². The van der Waals surface area contributed by atoms with E-state index in [2.05, 4.69) is 34.6 Å². The standard InChI is InChI=1S/C23H39N3O3/c1-18(2)25-10-7-20(8-11-25)26-13-12-24(17-21(26)9-14-27)16-19-5-6-22(28-3)15-23(19)29-4/h5-6,15,18,20-21,27H,7-14,16-17H2,1-4H3/t21-/m1/s1. The van der Waals surface area contributed by atoms with Crippen molar-refractivity contribution in [3.05, 3.63) is 23.8 Å². The zero-order valence-electron chi connectivity index (χ0n) is 18.6. The van der Waals surface area contributed by atoms with Crippen LogP contribution in [-0.2, 0) is 6.54 Å². The fourth-order valence-corrected chi connectivity index (χ4v) is 4.92. The van der Waals surface area contributed by atoms with E-state index in [4.69, 9.17) is 9.47 Å². The molecule has 0 radical (unpaired) electrons. The molecule has 0 unspecified atom stereocenters. The summed E-state index contributed by atoms with van der Waals surface area (Å²) >= 11 is 0. The number of piperazine rings is 1. The second-order valence-electron chi connectivity index (χ2n) is 8.68. The fraction of sp³-hybridized carbons (Fsp3) is 0.739. The molecule has 2 fully saturated rings. The van der Waals surface area contributed by atoms with Crippen molar-refractivity contribution in [3.63, 3.8) is 0 Å². The van der Waals surface area contributed by atoms with Crippen LogP contribution in [-0.4, -0.2) is 91.5 Å². The van der Waals surface area contributed by atoms with E-state index in [1.54, 1.807) is 14.2 Å². The van der Waals surface area contributed by atoms with Gasteiger partial charge in [-0.3, -0.25) is 9.80 Å². The number of aliphatic hydroxyl groups is 1. The van der Waals surface area contributed by atoms with Crippen LogP contribution in [0.2, 0.25) is 0 Å². The maximum atomic E-state index is 9.68. The number of piperidine rings is 1. The second-order valence-corrected chi connectivity index (χ2v) is 8.68. The average Bonchev–Trinajstić information content (AvgIpc) is 2.74. The molecule has 1 aromatic carbocycles. The molecular formula is C23H39N3O3. The van der Waals surface area contributed by atoms with Crippen LogP contribution in [0, 0.1) is 0 Å². The summed E-state index contributed by atoms with van der Waals surface area (Å²) in [7, 11) is 3.40. The van der Waals surface area contributed by atoms with Crippen LogP contribution in [0.5, 0.6) is 11.5 Å². The van der Waals surface area contributed by atoms with E-state index >= 15 is 0 Å². The minimum atomic E-state index is 0.256. The predicted molar refractivity (Wildman–Crippen MR) is 117 cm³/mol. The topological polar surface area (TPSA) is 48.4 Å². The summed E-state index contributed by atoms with van der Waals surface area (Å²) in [6.45, 7) is 11.2. The summed E-state index contributed by atoms with van der Waals surface area (Å²) in [4.78, 5) is 7.78. The Kier molecular flexibility index (Phi) is 8.18. The van der Waals surface area contributed by atoms with Gasteiger partial charge in [-0.05, 0) is 52.3 Å². The van der Waals surface area contributed by atoms with E-state index in [-0.39, 0.29) is 6.61 Å². The Balaban J connectivity index is 1.62. The number of hydrogen-bond donors (Lipinski definition) is 1. The first-order chi connectivity index (χ1) is 14.0. The van der Waals surface area contributed by atoms with Crippen LogP contribution in [0.25, 0.3) is 0 Å². The van der Waals surface area contributed by atoms with E-state index in [1.165, 1.54) is 31.5 Å². The molecule has 29 heavy (non-hydrogen) atoms. The van der Waals surface area contributed by atoms with Crippen molar-refractivity contribution >= 4 is 0 Å². The van der Waals surface area contributed by atoms with Gasteiger partial charge in [-0.15, -0.1) is 0 Å². The van der Waals surface area contributed by atoms with Crippen molar-refractivity contribution < 1.29 is 14.6 Å². The first kappa shape index (κ1) is 22.3. The Bertz CT molecular complexity index is 632. The lowest BCUT2D eigenvalue weighted by Gasteiger charge is -2.48. The minimum Gasteiger partial charge on any atom is -0.497 e. The lowest BCUT2D eigenvalue weighted by molar-refractivity contribution is -0.000196. The Labute approximate surface area is 176 Å². The molecular weight excluding hydrogens is 366 g/mol. The van der Waals surface area contributed by atoms with Crippen molar-refractivity contribution in [3.8, 4) is 11.5 Å². The van der Waals surface area contributed by atoms with Crippen LogP contribution < -0.4 is 9.47 Å². The zero-order chi connectivity index (χ0) is 20.8. The Morgan fingerprint density at radius 2 is 1.83 bits per heavy atom. The van der Waals surface area contributed by atoms with Crippen molar-refractivity contribution in [1.82, 2.24) is 14.7 Å². The predicted octanol–water partition coefficient (Wildman–Crippen LogP) is 2.45. The van der Waals surface area contributed by atoms with Gasteiger partial charge in [0.15, 0.2) is 0 Å². The van der Waals surface area contributed by atoms with E-state index in [0.29, 0.717) is 18.1 Å². The van der Waals surface area contributed by atoms with Crippen LogP contribution in [0.4, 0.5) is 0 Å². The molecule has 2 heterocycles. The molecule has 3 rings (SSSR count). The molecule has 2 saturated heterocycles. The molecule has 1 N–H and O–H groups in total. The van der Waals surface area contributed by atoms with Gasteiger partial charge in [0.1, 0.15) is 11.5 Å². The van der Waals surface area contributed by atoms with Gasteiger partial charge in [-0.25, -0.2) is 0 Å². The fourth-order valence-electron chi connectivity index (χ4n) is 4.92. The first-order valence-electron chi connectivity index (χ1n) is 11.1. The number of nitrogens with zero attached hydrogens (tertiary/aromatic N) is 3. The minimum absolute atomic E-state index is 0.256. The summed E-state index contributed by atoms with van der Waals surface area (Å²) in [5.74, 6) is 1.70. The molecule has 164 valence electrons. The summed E-state index contributed by atoms with van der Waals surface area (Å²) in [6, 6.07) is 7.78. The largest absolute Gasteiger partial charge is 0.497 e. The number of ether oxygens (including phenoxy) is 2. The van der Waals surface area contributed by atoms with E-state index in [9.17, 15) is 5.11 Å². The van der Waals surface area contributed by atoms with Gasteiger partial charge in [0.2, 0.25) is 0 Å². The molecule has 2 aliphatic rings. The quantitative estimate of drug-likeness (QED) is 0.717. The third-order valence-electron chi connectivity index (χ3n) is 6.66. The third kappa shape index (κ3) is 5.63. The van der Waals surface area contributed by atoms with Gasteiger partial charge in [0, 0.05) is 62.5 Å². The SMILES string of the molecule is COc1ccc(CN2CCN(C3CCN(C(C)C)CC3)[C@H](CCO)C2)c(OC)c1. The van der Waals surface area contributed by atoms with Crippen LogP contribution in [0.1, 0.15) is 38.7 Å². The second kappa shape index (κ2) is 10.6. The zero-order valence-corrected chi connectivity index (χ0v) is 18.6. The maximum Gasteiger partial charge on any atom is 0.127 e. The van der Waals surface area contributed by atoms with E-state index < -0.39 is 0 Å². The molecule has 0 bridgehead atoms. The molecule has 0 aromatic heterocycles. The van der Waals surface area contributed by atoms with Gasteiger partial charge >= 0.3 is 0 Å². The lowest BCUT2D eigenvalue weighted by atomic mass is 9.97. The van der Waals surface area contributed by atoms with Crippen LogP contribution in [0.15, 0.2) is 18.2 Å². The molecule has 0 amide bonds. The number of hydrogen-bond acceptors (Lipinski definition) is 6. The van der Waals surface area contributed by atoms with Gasteiger partial charge in [-0.2, -0.15) is 0 Å². The van der Waals surface area contributed by atoms with E-state index in [0.717, 1.165) is 44.1 Å². The summed E-state index contributed by atoms with van der Waals surface area (Å²) in [5, 5.41) is 9.68. The molecule has 1 atom stereocenters. The molecule has 0 saturated carbocycles. The molecule has 2 aliphatic heterocycles. The maximum absolute atomic E-state index is 9.68. The van der Waals surface area contributed by atoms with Gasteiger partial charge in [-0.1, -0.05) is 6.07 Å². The average molecular weight is 406 g/mol. The number of benzene rings is 1. The van der Waals surface area contributed by atoms with Crippen molar-refractivity contribution in [2.75, 3.05) is 53.6 Å². The molecule has 6 heteroatoms. The monoisotopic (exact) mass is 405 g/mol. The summed E-state index contributed by atoms with van der Waals surface area (Å²) < 4.78 is 10.9. The molecule has 6 nitrogen and oxygen atoms in total. The number of likely N-dealkylation sites (tertiary alicyclic amines) is 1. The number of aliphatic hydroxyl groups excluding tert-OH is 1. The van der Waals surface area contributed by atoms with Crippen LogP contribution >= 0.6 is 0 Å². The van der Waals surface area contributed by atoms with Crippen molar-refractivity contribution in [2.24, 2.45) is 0 Å². The summed E-state index contributed by atoms with van der Waals surface area (Å²) in [5.41, 5.74) is 1.19. The molecule has 1 aromatic rings. The Hall–Kier alpha value is -1.34. The highest BCUT2D eigenvalue weighted by atomic mass is 16.5. The van der Waals surface area contributed by atoms with Gasteiger partial charge < -0.3 is 19.5 Å². The third-order valence-corrected chi connectivity index (χ3v) is 6.66. The molecule has 0 aliphatic carbocycles. The normalized spacial score (nSPS) is 22.9. The van der Waals surface area contributed by atoms with Crippen molar-refractivity contribution in [2.45, 2.75) is 57.8 Å². The Morgan fingerprint density at radius 3 is 2.45 bits per heavy atom. The smallest absolute Gasteiger partial charge is 0.127 e. The first-order valence-corrected chi connectivity index (χ1v) is 11.1. The number of methoxy groups -OCH3 is 2. The highest BCUT2D eigenvalue weighted by Crippen LogP contribution is 2.28. The van der Waals surface area contributed by atoms with Crippen LogP contribution in [0.3, 0.4) is 0 Å². The van der Waals surface area contributed by atoms with Gasteiger partial charge in [0.05, 0.1) is 14.2 Å². The highest BCUT2D eigenvalue weighted by molar-refractivity contribution is 5.40. The highest BCUT2D eigenvalue weighted by Gasteiger charge is 2.34. The Morgan fingerprint density at radius 1 is 1.07 bits per heavy atom.